The quantitative estimate of drug-likeness (QED) is 0.715. The van der Waals surface area contributed by atoms with E-state index >= 15 is 0 Å². The topological polar surface area (TPSA) is 68.0 Å². The third-order valence-corrected chi connectivity index (χ3v) is 5.48. The number of morpholine rings is 1. The van der Waals surface area contributed by atoms with Crippen LogP contribution >= 0.6 is 0 Å². The molecule has 1 unspecified atom stereocenters. The van der Waals surface area contributed by atoms with Crippen molar-refractivity contribution in [3.8, 4) is 5.75 Å². The van der Waals surface area contributed by atoms with E-state index < -0.39 is 17.4 Å². The Labute approximate surface area is 173 Å². The Morgan fingerprint density at radius 3 is 2.73 bits per heavy atom. The summed E-state index contributed by atoms with van der Waals surface area (Å²) in [6.07, 6.45) is 2.04. The Balaban J connectivity index is 1.33. The van der Waals surface area contributed by atoms with Gasteiger partial charge in [0.1, 0.15) is 6.61 Å². The number of rotatable bonds is 6. The van der Waals surface area contributed by atoms with E-state index in [4.69, 9.17) is 14.0 Å². The van der Waals surface area contributed by atoms with Crippen molar-refractivity contribution in [2.75, 3.05) is 45.9 Å². The van der Waals surface area contributed by atoms with Crippen LogP contribution in [0.25, 0.3) is 0 Å². The van der Waals surface area contributed by atoms with Crippen molar-refractivity contribution in [1.82, 2.24) is 15.0 Å². The van der Waals surface area contributed by atoms with Crippen LogP contribution in [-0.4, -0.2) is 66.8 Å². The molecule has 4 rings (SSSR count). The van der Waals surface area contributed by atoms with Gasteiger partial charge in [0.25, 0.3) is 5.91 Å². The van der Waals surface area contributed by atoms with E-state index in [2.05, 4.69) is 10.1 Å². The summed E-state index contributed by atoms with van der Waals surface area (Å²) in [5, 5.41) is 3.83. The van der Waals surface area contributed by atoms with Crippen LogP contribution in [0.2, 0.25) is 0 Å². The number of para-hydroxylation sites is 1. The lowest BCUT2D eigenvalue weighted by Gasteiger charge is -2.36. The van der Waals surface area contributed by atoms with Crippen molar-refractivity contribution in [2.24, 2.45) is 5.92 Å². The highest BCUT2D eigenvalue weighted by molar-refractivity contribution is 5.92. The van der Waals surface area contributed by atoms with Crippen molar-refractivity contribution >= 4 is 5.91 Å². The molecular weight excluding hydrogens is 396 g/mol. The van der Waals surface area contributed by atoms with E-state index in [9.17, 15) is 13.6 Å². The molecule has 3 heterocycles. The predicted octanol–water partition coefficient (Wildman–Crippen LogP) is 2.72. The molecule has 1 aromatic carbocycles. The number of carbonyl (C=O) groups is 1. The summed E-state index contributed by atoms with van der Waals surface area (Å²) >= 11 is 0. The fourth-order valence-electron chi connectivity index (χ4n) is 3.95. The number of hydrogen-bond acceptors (Lipinski definition) is 6. The van der Waals surface area contributed by atoms with Crippen LogP contribution in [0, 0.1) is 17.6 Å². The Hall–Kier alpha value is -2.52. The second-order valence-corrected chi connectivity index (χ2v) is 7.69. The van der Waals surface area contributed by atoms with E-state index in [-0.39, 0.29) is 24.0 Å². The van der Waals surface area contributed by atoms with Crippen molar-refractivity contribution < 1.29 is 27.6 Å². The summed E-state index contributed by atoms with van der Waals surface area (Å²) < 4.78 is 43.0. The molecule has 2 aliphatic heterocycles. The van der Waals surface area contributed by atoms with E-state index in [1.54, 1.807) is 4.90 Å². The van der Waals surface area contributed by atoms with Gasteiger partial charge in [-0.25, -0.2) is 8.78 Å². The number of nitrogens with zero attached hydrogens (tertiary/aromatic N) is 3. The maximum absolute atomic E-state index is 13.7. The lowest BCUT2D eigenvalue weighted by atomic mass is 9.97. The molecule has 1 amide bonds. The Morgan fingerprint density at radius 1 is 1.20 bits per heavy atom. The fourth-order valence-corrected chi connectivity index (χ4v) is 3.95. The number of likely N-dealkylation sites (tertiary alicyclic amines) is 1. The molecule has 30 heavy (non-hydrogen) atoms. The number of piperidine rings is 1. The average Bonchev–Trinajstić information content (AvgIpc) is 3.23. The second-order valence-electron chi connectivity index (χ2n) is 7.69. The summed E-state index contributed by atoms with van der Waals surface area (Å²) in [6, 6.07) is 4.94. The predicted molar refractivity (Wildman–Crippen MR) is 103 cm³/mol. The second kappa shape index (κ2) is 9.53. The molecular formula is C21H25F2N3O4. The number of hydrogen-bond donors (Lipinski definition) is 0. The molecule has 0 radical (unpaired) electrons. The van der Waals surface area contributed by atoms with Crippen LogP contribution in [0.15, 0.2) is 28.8 Å². The molecule has 2 saturated heterocycles. The molecule has 7 nitrogen and oxygen atoms in total. The first kappa shape index (κ1) is 20.7. The minimum absolute atomic E-state index is 0.176. The third kappa shape index (κ3) is 4.96. The van der Waals surface area contributed by atoms with E-state index in [0.717, 1.165) is 57.8 Å². The number of amides is 1. The van der Waals surface area contributed by atoms with Gasteiger partial charge in [-0.05, 0) is 30.9 Å². The van der Waals surface area contributed by atoms with Gasteiger partial charge < -0.3 is 18.9 Å². The van der Waals surface area contributed by atoms with Crippen LogP contribution in [0.4, 0.5) is 8.78 Å². The number of benzene rings is 1. The molecule has 0 N–H and O–H groups in total. The molecule has 2 aromatic rings. The van der Waals surface area contributed by atoms with Crippen LogP contribution < -0.4 is 4.74 Å². The number of ether oxygens (including phenoxy) is 2. The SMILES string of the molecule is O=C(c1cc(COc2c(F)cccc2F)on1)N1CCCC(CN2CCOCC2)C1. The normalized spacial score (nSPS) is 20.3. The minimum Gasteiger partial charge on any atom is -0.479 e. The molecule has 162 valence electrons. The van der Waals surface area contributed by atoms with Crippen molar-refractivity contribution in [1.29, 1.82) is 0 Å². The molecule has 9 heteroatoms. The summed E-state index contributed by atoms with van der Waals surface area (Å²) in [6.45, 7) is 5.47. The maximum atomic E-state index is 13.7. The third-order valence-electron chi connectivity index (χ3n) is 5.48. The summed E-state index contributed by atoms with van der Waals surface area (Å²) in [5.41, 5.74) is 0.176. The van der Waals surface area contributed by atoms with Gasteiger partial charge in [0.05, 0.1) is 13.2 Å². The van der Waals surface area contributed by atoms with Crippen molar-refractivity contribution in [2.45, 2.75) is 19.4 Å². The Bertz CT molecular complexity index is 849. The number of carbonyl (C=O) groups excluding carboxylic acids is 1. The highest BCUT2D eigenvalue weighted by atomic mass is 19.1. The van der Waals surface area contributed by atoms with Gasteiger partial charge >= 0.3 is 0 Å². The lowest BCUT2D eigenvalue weighted by Crippen LogP contribution is -2.46. The Kier molecular flexibility index (Phi) is 6.59. The van der Waals surface area contributed by atoms with Crippen molar-refractivity contribution in [3.63, 3.8) is 0 Å². The first-order valence-corrected chi connectivity index (χ1v) is 10.2. The van der Waals surface area contributed by atoms with E-state index in [1.165, 1.54) is 12.1 Å². The molecule has 0 spiro atoms. The minimum atomic E-state index is -0.801. The average molecular weight is 421 g/mol. The highest BCUT2D eigenvalue weighted by Gasteiger charge is 2.28. The zero-order chi connectivity index (χ0) is 20.9. The zero-order valence-electron chi connectivity index (χ0n) is 16.7. The molecule has 1 atom stereocenters. The van der Waals surface area contributed by atoms with E-state index in [1.807, 2.05) is 0 Å². The number of halogens is 2. The standard InChI is InChI=1S/C21H25F2N3O4/c22-17-4-1-5-18(23)20(17)29-14-16-11-19(24-30-16)21(27)26-6-2-3-15(13-26)12-25-7-9-28-10-8-25/h1,4-5,11,15H,2-3,6-10,12-14H2. The van der Waals surface area contributed by atoms with Gasteiger partial charge in [-0.2, -0.15) is 0 Å². The molecule has 0 aliphatic carbocycles. The fraction of sp³-hybridized carbons (Fsp3) is 0.524. The summed E-state index contributed by atoms with van der Waals surface area (Å²) in [7, 11) is 0. The van der Waals surface area contributed by atoms with Gasteiger partial charge in [0, 0.05) is 38.8 Å². The first-order valence-electron chi connectivity index (χ1n) is 10.2. The van der Waals surface area contributed by atoms with Gasteiger partial charge in [0.15, 0.2) is 28.8 Å². The molecule has 0 saturated carbocycles. The monoisotopic (exact) mass is 421 g/mol. The van der Waals surface area contributed by atoms with Gasteiger partial charge in [0.2, 0.25) is 0 Å². The first-order chi connectivity index (χ1) is 14.6. The Morgan fingerprint density at radius 2 is 1.97 bits per heavy atom. The van der Waals surface area contributed by atoms with Crippen LogP contribution in [0.3, 0.4) is 0 Å². The van der Waals surface area contributed by atoms with Crippen molar-refractivity contribution in [3.05, 3.63) is 47.4 Å². The van der Waals surface area contributed by atoms with Gasteiger partial charge in [-0.1, -0.05) is 11.2 Å². The van der Waals surface area contributed by atoms with Crippen LogP contribution in [-0.2, 0) is 11.3 Å². The van der Waals surface area contributed by atoms with Crippen LogP contribution in [0.5, 0.6) is 5.75 Å². The van der Waals surface area contributed by atoms with Crippen LogP contribution in [0.1, 0.15) is 29.1 Å². The highest BCUT2D eigenvalue weighted by Crippen LogP contribution is 2.23. The maximum Gasteiger partial charge on any atom is 0.276 e. The molecule has 2 fully saturated rings. The molecule has 0 bridgehead atoms. The number of aromatic nitrogens is 1. The van der Waals surface area contributed by atoms with Gasteiger partial charge in [-0.3, -0.25) is 9.69 Å². The smallest absolute Gasteiger partial charge is 0.276 e. The van der Waals surface area contributed by atoms with E-state index in [0.29, 0.717) is 19.0 Å². The largest absolute Gasteiger partial charge is 0.479 e. The summed E-state index contributed by atoms with van der Waals surface area (Å²) in [5.74, 6) is -1.64. The molecule has 2 aliphatic rings. The van der Waals surface area contributed by atoms with Gasteiger partial charge in [-0.15, -0.1) is 0 Å². The molecule has 1 aromatic heterocycles. The summed E-state index contributed by atoms with van der Waals surface area (Å²) in [4.78, 5) is 17.0. The zero-order valence-corrected chi connectivity index (χ0v) is 16.7. The lowest BCUT2D eigenvalue weighted by molar-refractivity contribution is 0.0222.